The van der Waals surface area contributed by atoms with Gasteiger partial charge in [0.05, 0.1) is 5.60 Å². The average Bonchev–Trinajstić information content (AvgIpc) is 2.88. The highest BCUT2D eigenvalue weighted by molar-refractivity contribution is 5.76. The first kappa shape index (κ1) is 36.1. The van der Waals surface area contributed by atoms with Crippen molar-refractivity contribution in [3.63, 3.8) is 0 Å². The molecule has 0 aliphatic heterocycles. The normalized spacial score (nSPS) is 14.6. The predicted molar refractivity (Wildman–Crippen MR) is 166 cm³/mol. The molecule has 5 heteroatoms. The van der Waals surface area contributed by atoms with Crippen molar-refractivity contribution < 1.29 is 24.2 Å². The Morgan fingerprint density at radius 2 is 1.15 bits per heavy atom. The summed E-state index contributed by atoms with van der Waals surface area (Å²) in [7, 11) is 0. The van der Waals surface area contributed by atoms with E-state index in [4.69, 9.17) is 9.47 Å². The van der Waals surface area contributed by atoms with E-state index in [-0.39, 0.29) is 24.8 Å². The van der Waals surface area contributed by atoms with Crippen molar-refractivity contribution in [3.05, 3.63) is 22.3 Å². The third-order valence-corrected chi connectivity index (χ3v) is 8.52. The molecule has 230 valence electrons. The average molecular weight is 561 g/mol. The summed E-state index contributed by atoms with van der Waals surface area (Å²) < 4.78 is 11.5. The molecule has 1 aromatic rings. The molecular weight excluding hydrogens is 500 g/mol. The molecule has 0 saturated heterocycles. The number of aliphatic hydroxyl groups is 1. The van der Waals surface area contributed by atoms with Gasteiger partial charge in [0.15, 0.2) is 0 Å². The summed E-state index contributed by atoms with van der Waals surface area (Å²) in [6.45, 7) is 20.5. The fourth-order valence-electron chi connectivity index (χ4n) is 5.45. The molecule has 0 aliphatic carbocycles. The molecule has 3 unspecified atom stereocenters. The lowest BCUT2D eigenvalue weighted by atomic mass is 9.86. The number of rotatable bonds is 19. The van der Waals surface area contributed by atoms with Crippen molar-refractivity contribution in [2.24, 2.45) is 17.8 Å². The van der Waals surface area contributed by atoms with Gasteiger partial charge in [-0.05, 0) is 81.4 Å². The topological polar surface area (TPSA) is 72.8 Å². The Hall–Kier alpha value is -1.88. The maximum atomic E-state index is 12.2. The van der Waals surface area contributed by atoms with Crippen LogP contribution in [0.5, 0.6) is 11.5 Å². The molecule has 0 heterocycles. The standard InChI is InChI=1S/C35H60O5/c1-11-31(36)39-33-27(7)28(8)34(40-32(37)12-2)30(29(33)9)21-23-35(10,38)22-15-20-26(6)19-14-18-25(5)17-13-16-24(3)4/h24-26,38H,11-23H2,1-10H3. The van der Waals surface area contributed by atoms with Crippen LogP contribution in [0.15, 0.2) is 0 Å². The predicted octanol–water partition coefficient (Wildman–Crippen LogP) is 9.37. The first-order valence-electron chi connectivity index (χ1n) is 16.0. The smallest absolute Gasteiger partial charge is 0.310 e. The first-order chi connectivity index (χ1) is 18.7. The summed E-state index contributed by atoms with van der Waals surface area (Å²) in [4.78, 5) is 24.4. The lowest BCUT2D eigenvalue weighted by molar-refractivity contribution is -0.135. The molecule has 1 N–H and O–H groups in total. The van der Waals surface area contributed by atoms with Crippen LogP contribution in [-0.4, -0.2) is 22.6 Å². The van der Waals surface area contributed by atoms with Crippen LogP contribution < -0.4 is 9.47 Å². The lowest BCUT2D eigenvalue weighted by Gasteiger charge is -2.26. The van der Waals surface area contributed by atoms with Gasteiger partial charge in [-0.15, -0.1) is 0 Å². The van der Waals surface area contributed by atoms with Gasteiger partial charge in [0.2, 0.25) is 0 Å². The lowest BCUT2D eigenvalue weighted by Crippen LogP contribution is -2.25. The fraction of sp³-hybridized carbons (Fsp3) is 0.771. The van der Waals surface area contributed by atoms with Crippen LogP contribution >= 0.6 is 0 Å². The zero-order valence-corrected chi connectivity index (χ0v) is 27.5. The van der Waals surface area contributed by atoms with Gasteiger partial charge < -0.3 is 14.6 Å². The molecule has 0 aromatic heterocycles. The largest absolute Gasteiger partial charge is 0.426 e. The van der Waals surface area contributed by atoms with E-state index in [1.807, 2.05) is 27.7 Å². The van der Waals surface area contributed by atoms with Gasteiger partial charge in [0.25, 0.3) is 0 Å². The summed E-state index contributed by atoms with van der Waals surface area (Å²) in [5.74, 6) is 2.77. The number of esters is 2. The highest BCUT2D eigenvalue weighted by atomic mass is 16.5. The summed E-state index contributed by atoms with van der Waals surface area (Å²) in [6, 6.07) is 0. The minimum absolute atomic E-state index is 0.274. The zero-order valence-electron chi connectivity index (χ0n) is 27.5. The molecule has 0 amide bonds. The molecule has 0 spiro atoms. The van der Waals surface area contributed by atoms with E-state index in [0.29, 0.717) is 30.3 Å². The second-order valence-electron chi connectivity index (χ2n) is 13.0. The maximum absolute atomic E-state index is 12.2. The van der Waals surface area contributed by atoms with Gasteiger partial charge in [-0.25, -0.2) is 0 Å². The first-order valence-corrected chi connectivity index (χ1v) is 16.0. The van der Waals surface area contributed by atoms with Gasteiger partial charge in [0.1, 0.15) is 11.5 Å². The van der Waals surface area contributed by atoms with Crippen molar-refractivity contribution in [1.29, 1.82) is 0 Å². The van der Waals surface area contributed by atoms with E-state index in [1.165, 1.54) is 38.5 Å². The molecule has 0 aliphatic rings. The third kappa shape index (κ3) is 12.7. The number of carbonyl (C=O) groups excluding carboxylic acids is 2. The number of carbonyl (C=O) groups is 2. The molecule has 0 radical (unpaired) electrons. The maximum Gasteiger partial charge on any atom is 0.310 e. The number of ether oxygens (including phenoxy) is 2. The number of benzene rings is 1. The molecular formula is C35H60O5. The molecule has 40 heavy (non-hydrogen) atoms. The minimum atomic E-state index is -0.831. The Morgan fingerprint density at radius 1 is 0.700 bits per heavy atom. The fourth-order valence-corrected chi connectivity index (χ4v) is 5.45. The molecule has 0 bridgehead atoms. The SMILES string of the molecule is CCC(=O)Oc1c(C)c(C)c(OC(=O)CC)c(CCC(C)(O)CCCC(C)CCCC(C)CCCC(C)C)c1C. The minimum Gasteiger partial charge on any atom is -0.426 e. The summed E-state index contributed by atoms with van der Waals surface area (Å²) in [6.07, 6.45) is 12.4. The van der Waals surface area contributed by atoms with Crippen LogP contribution in [0.25, 0.3) is 0 Å². The molecule has 3 atom stereocenters. The Labute approximate surface area is 245 Å². The summed E-state index contributed by atoms with van der Waals surface area (Å²) in [5, 5.41) is 11.3. The van der Waals surface area contributed by atoms with Gasteiger partial charge in [-0.2, -0.15) is 0 Å². The second-order valence-corrected chi connectivity index (χ2v) is 13.0. The highest BCUT2D eigenvalue weighted by Crippen LogP contribution is 2.40. The van der Waals surface area contributed by atoms with Crippen LogP contribution in [0.4, 0.5) is 0 Å². The van der Waals surface area contributed by atoms with Gasteiger partial charge in [-0.3, -0.25) is 9.59 Å². The van der Waals surface area contributed by atoms with Gasteiger partial charge >= 0.3 is 11.9 Å². The van der Waals surface area contributed by atoms with Crippen LogP contribution in [0.3, 0.4) is 0 Å². The zero-order chi connectivity index (χ0) is 30.5. The van der Waals surface area contributed by atoms with E-state index in [0.717, 1.165) is 53.4 Å². The number of hydrogen-bond donors (Lipinski definition) is 1. The monoisotopic (exact) mass is 560 g/mol. The number of hydrogen-bond acceptors (Lipinski definition) is 5. The quantitative estimate of drug-likeness (QED) is 0.135. The molecule has 1 aromatic carbocycles. The van der Waals surface area contributed by atoms with Crippen LogP contribution in [0, 0.1) is 38.5 Å². The van der Waals surface area contributed by atoms with Crippen LogP contribution in [0.2, 0.25) is 0 Å². The van der Waals surface area contributed by atoms with E-state index in [1.54, 1.807) is 13.8 Å². The molecule has 0 saturated carbocycles. The summed E-state index contributed by atoms with van der Waals surface area (Å²) in [5.41, 5.74) is 2.39. The highest BCUT2D eigenvalue weighted by Gasteiger charge is 2.26. The Morgan fingerprint density at radius 3 is 1.65 bits per heavy atom. The van der Waals surface area contributed by atoms with E-state index in [2.05, 4.69) is 27.7 Å². The van der Waals surface area contributed by atoms with E-state index in [9.17, 15) is 14.7 Å². The third-order valence-electron chi connectivity index (χ3n) is 8.52. The van der Waals surface area contributed by atoms with E-state index < -0.39 is 5.60 Å². The van der Waals surface area contributed by atoms with Crippen molar-refractivity contribution >= 4 is 11.9 Å². The molecule has 1 rings (SSSR count). The molecule has 0 fully saturated rings. The summed E-state index contributed by atoms with van der Waals surface area (Å²) >= 11 is 0. The van der Waals surface area contributed by atoms with Crippen molar-refractivity contribution in [3.8, 4) is 11.5 Å². The van der Waals surface area contributed by atoms with Crippen molar-refractivity contribution in [2.75, 3.05) is 0 Å². The van der Waals surface area contributed by atoms with Gasteiger partial charge in [-0.1, -0.05) is 92.9 Å². The second kappa shape index (κ2) is 17.8. The van der Waals surface area contributed by atoms with Gasteiger partial charge in [0, 0.05) is 18.4 Å². The van der Waals surface area contributed by atoms with Crippen LogP contribution in [0.1, 0.15) is 148 Å². The van der Waals surface area contributed by atoms with Crippen molar-refractivity contribution in [2.45, 2.75) is 158 Å². The van der Waals surface area contributed by atoms with Crippen LogP contribution in [-0.2, 0) is 16.0 Å². The Kier molecular flexibility index (Phi) is 16.1. The molecule has 5 nitrogen and oxygen atoms in total. The van der Waals surface area contributed by atoms with Crippen molar-refractivity contribution in [1.82, 2.24) is 0 Å². The Balaban J connectivity index is 2.76. The Bertz CT molecular complexity index is 930. The van der Waals surface area contributed by atoms with E-state index >= 15 is 0 Å².